The topological polar surface area (TPSA) is 85.4 Å². The van der Waals surface area contributed by atoms with E-state index in [1.165, 1.54) is 13.0 Å². The lowest BCUT2D eigenvalue weighted by Crippen LogP contribution is -2.13. The van der Waals surface area contributed by atoms with E-state index in [-0.39, 0.29) is 22.0 Å². The fourth-order valence-electron chi connectivity index (χ4n) is 2.80. The molecule has 0 fully saturated rings. The summed E-state index contributed by atoms with van der Waals surface area (Å²) in [6, 6.07) is 13.1. The van der Waals surface area contributed by atoms with E-state index < -0.39 is 10.1 Å². The SMILES string of the molecule is CC(=O)Nc1ccc(OS(=O)(=O)c2ccc(C(C)(C)C)cc2)c2cccnc12. The minimum absolute atomic E-state index is 0.0727. The van der Waals surface area contributed by atoms with Gasteiger partial charge < -0.3 is 9.50 Å². The van der Waals surface area contributed by atoms with Crippen LogP contribution in [0, 0.1) is 0 Å². The smallest absolute Gasteiger partial charge is 0.339 e. The number of aromatic nitrogens is 1. The molecule has 1 heterocycles. The van der Waals surface area contributed by atoms with Crippen LogP contribution in [0.5, 0.6) is 5.75 Å². The highest BCUT2D eigenvalue weighted by atomic mass is 32.2. The van der Waals surface area contributed by atoms with Crippen molar-refractivity contribution in [2.45, 2.75) is 38.0 Å². The lowest BCUT2D eigenvalue weighted by Gasteiger charge is -2.19. The molecule has 0 spiro atoms. The molecule has 3 aromatic rings. The van der Waals surface area contributed by atoms with Crippen molar-refractivity contribution in [3.8, 4) is 5.75 Å². The van der Waals surface area contributed by atoms with Crippen molar-refractivity contribution in [1.82, 2.24) is 4.98 Å². The van der Waals surface area contributed by atoms with Gasteiger partial charge in [-0.3, -0.25) is 9.78 Å². The van der Waals surface area contributed by atoms with E-state index >= 15 is 0 Å². The molecule has 1 amide bonds. The van der Waals surface area contributed by atoms with Crippen LogP contribution in [0.15, 0.2) is 59.6 Å². The number of amides is 1. The number of carbonyl (C=O) groups is 1. The minimum Gasteiger partial charge on any atom is -0.378 e. The van der Waals surface area contributed by atoms with Crippen LogP contribution in [-0.4, -0.2) is 19.3 Å². The molecule has 0 aliphatic rings. The maximum absolute atomic E-state index is 12.8. The fourth-order valence-corrected chi connectivity index (χ4v) is 3.74. The first kappa shape index (κ1) is 19.8. The molecular formula is C21H22N2O4S. The molecule has 2 aromatic carbocycles. The summed E-state index contributed by atoms with van der Waals surface area (Å²) in [5, 5.41) is 3.17. The van der Waals surface area contributed by atoms with E-state index in [0.29, 0.717) is 16.6 Å². The van der Waals surface area contributed by atoms with Gasteiger partial charge in [-0.05, 0) is 47.4 Å². The van der Waals surface area contributed by atoms with Crippen molar-refractivity contribution in [1.29, 1.82) is 0 Å². The number of fused-ring (bicyclic) bond motifs is 1. The van der Waals surface area contributed by atoms with Crippen molar-refractivity contribution in [3.63, 3.8) is 0 Å². The highest BCUT2D eigenvalue weighted by Crippen LogP contribution is 2.32. The van der Waals surface area contributed by atoms with Gasteiger partial charge in [0.15, 0.2) is 5.75 Å². The van der Waals surface area contributed by atoms with Crippen LogP contribution in [0.25, 0.3) is 10.9 Å². The summed E-state index contributed by atoms with van der Waals surface area (Å²) < 4.78 is 30.9. The Labute approximate surface area is 164 Å². The van der Waals surface area contributed by atoms with Crippen LogP contribution in [0.3, 0.4) is 0 Å². The number of hydrogen-bond donors (Lipinski definition) is 1. The van der Waals surface area contributed by atoms with Crippen molar-refractivity contribution in [3.05, 3.63) is 60.3 Å². The molecule has 0 aliphatic carbocycles. The van der Waals surface area contributed by atoms with Gasteiger partial charge >= 0.3 is 10.1 Å². The molecule has 0 aliphatic heterocycles. The average Bonchev–Trinajstić information content (AvgIpc) is 2.63. The first-order valence-electron chi connectivity index (χ1n) is 8.78. The van der Waals surface area contributed by atoms with Crippen LogP contribution in [-0.2, 0) is 20.3 Å². The Balaban J connectivity index is 1.99. The quantitative estimate of drug-likeness (QED) is 0.664. The number of hydrogen-bond acceptors (Lipinski definition) is 5. The third kappa shape index (κ3) is 4.14. The number of rotatable bonds is 4. The van der Waals surface area contributed by atoms with Crippen LogP contribution in [0.2, 0.25) is 0 Å². The predicted octanol–water partition coefficient (Wildman–Crippen LogP) is 4.26. The van der Waals surface area contributed by atoms with Crippen molar-refractivity contribution < 1.29 is 17.4 Å². The minimum atomic E-state index is -4.02. The first-order valence-corrected chi connectivity index (χ1v) is 10.2. The molecule has 7 heteroatoms. The van der Waals surface area contributed by atoms with E-state index in [4.69, 9.17) is 4.18 Å². The van der Waals surface area contributed by atoms with Gasteiger partial charge in [0.25, 0.3) is 0 Å². The van der Waals surface area contributed by atoms with E-state index in [1.54, 1.807) is 48.7 Å². The number of pyridine rings is 1. The Kier molecular flexibility index (Phi) is 5.12. The molecule has 0 saturated heterocycles. The van der Waals surface area contributed by atoms with Gasteiger partial charge in [-0.2, -0.15) is 8.42 Å². The van der Waals surface area contributed by atoms with Crippen molar-refractivity contribution >= 4 is 32.6 Å². The first-order chi connectivity index (χ1) is 13.1. The Bertz CT molecular complexity index is 1130. The van der Waals surface area contributed by atoms with Gasteiger partial charge in [0.2, 0.25) is 5.91 Å². The molecule has 0 unspecified atom stereocenters. The number of nitrogens with zero attached hydrogens (tertiary/aromatic N) is 1. The van der Waals surface area contributed by atoms with E-state index in [2.05, 4.69) is 31.1 Å². The lowest BCUT2D eigenvalue weighted by molar-refractivity contribution is -0.114. The van der Waals surface area contributed by atoms with Gasteiger partial charge in [0.1, 0.15) is 4.90 Å². The Morgan fingerprint density at radius 1 is 1.04 bits per heavy atom. The average molecular weight is 398 g/mol. The van der Waals surface area contributed by atoms with Crippen molar-refractivity contribution in [2.24, 2.45) is 0 Å². The zero-order valence-corrected chi connectivity index (χ0v) is 17.0. The second-order valence-electron chi connectivity index (χ2n) is 7.50. The highest BCUT2D eigenvalue weighted by molar-refractivity contribution is 7.87. The second kappa shape index (κ2) is 7.24. The molecule has 146 valence electrons. The van der Waals surface area contributed by atoms with Crippen LogP contribution in [0.1, 0.15) is 33.3 Å². The zero-order valence-electron chi connectivity index (χ0n) is 16.2. The maximum atomic E-state index is 12.8. The third-order valence-corrected chi connectivity index (χ3v) is 5.50. The Morgan fingerprint density at radius 2 is 1.71 bits per heavy atom. The third-order valence-electron chi connectivity index (χ3n) is 4.25. The number of benzene rings is 2. The summed E-state index contributed by atoms with van der Waals surface area (Å²) in [5.74, 6) is -0.0933. The standard InChI is InChI=1S/C21H22N2O4S/c1-14(24)23-18-11-12-19(17-6-5-13-22-20(17)18)27-28(25,26)16-9-7-15(8-10-16)21(2,3)4/h5-13H,1-4H3,(H,23,24). The monoisotopic (exact) mass is 398 g/mol. The summed E-state index contributed by atoms with van der Waals surface area (Å²) in [6.07, 6.45) is 1.57. The summed E-state index contributed by atoms with van der Waals surface area (Å²) in [6.45, 7) is 7.57. The van der Waals surface area contributed by atoms with E-state index in [9.17, 15) is 13.2 Å². The molecule has 0 bridgehead atoms. The highest BCUT2D eigenvalue weighted by Gasteiger charge is 2.21. The van der Waals surface area contributed by atoms with Gasteiger partial charge in [0, 0.05) is 18.5 Å². The summed E-state index contributed by atoms with van der Waals surface area (Å²) >= 11 is 0. The molecule has 0 radical (unpaired) electrons. The summed E-state index contributed by atoms with van der Waals surface area (Å²) in [4.78, 5) is 15.7. The van der Waals surface area contributed by atoms with Crippen LogP contribution < -0.4 is 9.50 Å². The maximum Gasteiger partial charge on any atom is 0.339 e. The fraction of sp³-hybridized carbons (Fsp3) is 0.238. The molecule has 6 nitrogen and oxygen atoms in total. The molecule has 1 aromatic heterocycles. The molecular weight excluding hydrogens is 376 g/mol. The van der Waals surface area contributed by atoms with Crippen LogP contribution in [0.4, 0.5) is 5.69 Å². The largest absolute Gasteiger partial charge is 0.378 e. The Morgan fingerprint density at radius 3 is 2.32 bits per heavy atom. The van der Waals surface area contributed by atoms with Crippen molar-refractivity contribution in [2.75, 3.05) is 5.32 Å². The molecule has 28 heavy (non-hydrogen) atoms. The molecule has 3 rings (SSSR count). The molecule has 0 atom stereocenters. The molecule has 0 saturated carbocycles. The number of carbonyl (C=O) groups excluding carboxylic acids is 1. The zero-order chi connectivity index (χ0) is 20.5. The normalized spacial score (nSPS) is 12.0. The van der Waals surface area contributed by atoms with Gasteiger partial charge in [-0.1, -0.05) is 32.9 Å². The summed E-state index contributed by atoms with van der Waals surface area (Å²) in [5.41, 5.74) is 1.89. The van der Waals surface area contributed by atoms with Gasteiger partial charge in [0.05, 0.1) is 11.2 Å². The number of anilines is 1. The van der Waals surface area contributed by atoms with Crippen LogP contribution >= 0.6 is 0 Å². The molecule has 1 N–H and O–H groups in total. The summed E-state index contributed by atoms with van der Waals surface area (Å²) in [7, 11) is -4.02. The Hall–Kier alpha value is -2.93. The van der Waals surface area contributed by atoms with Gasteiger partial charge in [-0.15, -0.1) is 0 Å². The lowest BCUT2D eigenvalue weighted by atomic mass is 9.87. The number of nitrogens with one attached hydrogen (secondary N) is 1. The van der Waals surface area contributed by atoms with E-state index in [1.807, 2.05) is 0 Å². The predicted molar refractivity (Wildman–Crippen MR) is 109 cm³/mol. The van der Waals surface area contributed by atoms with Gasteiger partial charge in [-0.25, -0.2) is 0 Å². The second-order valence-corrected chi connectivity index (χ2v) is 9.05. The van der Waals surface area contributed by atoms with E-state index in [0.717, 1.165) is 5.56 Å².